The van der Waals surface area contributed by atoms with Gasteiger partial charge in [-0.25, -0.2) is 9.78 Å². The fourth-order valence-electron chi connectivity index (χ4n) is 2.83. The molecule has 0 saturated carbocycles. The SMILES string of the molecule is Cc1nc(-c2cccc(NC(=O)c3c[nH]c(=O)n(Cc4ccco4)c3=O)c2)cs1. The van der Waals surface area contributed by atoms with E-state index in [1.807, 2.05) is 18.4 Å². The predicted octanol–water partition coefficient (Wildman–Crippen LogP) is 2.86. The van der Waals surface area contributed by atoms with Crippen LogP contribution in [-0.2, 0) is 6.54 Å². The van der Waals surface area contributed by atoms with E-state index in [1.165, 1.54) is 17.6 Å². The lowest BCUT2D eigenvalue weighted by molar-refractivity contribution is 0.102. The van der Waals surface area contributed by atoms with E-state index >= 15 is 0 Å². The van der Waals surface area contributed by atoms with Crippen molar-refractivity contribution >= 4 is 22.9 Å². The Morgan fingerprint density at radius 2 is 2.14 bits per heavy atom. The zero-order chi connectivity index (χ0) is 20.4. The van der Waals surface area contributed by atoms with Gasteiger partial charge in [-0.1, -0.05) is 12.1 Å². The molecule has 0 saturated heterocycles. The molecule has 0 radical (unpaired) electrons. The zero-order valence-electron chi connectivity index (χ0n) is 15.3. The van der Waals surface area contributed by atoms with Gasteiger partial charge in [0.15, 0.2) is 0 Å². The number of nitrogens with zero attached hydrogens (tertiary/aromatic N) is 2. The molecule has 0 spiro atoms. The van der Waals surface area contributed by atoms with Crippen LogP contribution in [0.4, 0.5) is 5.69 Å². The quantitative estimate of drug-likeness (QED) is 0.528. The van der Waals surface area contributed by atoms with Crippen molar-refractivity contribution in [2.24, 2.45) is 0 Å². The number of aryl methyl sites for hydroxylation is 1. The molecular formula is C20H16N4O4S. The number of aromatic amines is 1. The highest BCUT2D eigenvalue weighted by atomic mass is 32.1. The summed E-state index contributed by atoms with van der Waals surface area (Å²) in [7, 11) is 0. The monoisotopic (exact) mass is 408 g/mol. The summed E-state index contributed by atoms with van der Waals surface area (Å²) in [6.07, 6.45) is 2.56. The largest absolute Gasteiger partial charge is 0.467 e. The molecule has 3 aromatic heterocycles. The Labute approximate surface area is 168 Å². The van der Waals surface area contributed by atoms with Crippen molar-refractivity contribution in [1.82, 2.24) is 14.5 Å². The van der Waals surface area contributed by atoms with E-state index in [1.54, 1.807) is 30.3 Å². The van der Waals surface area contributed by atoms with Gasteiger partial charge in [-0.05, 0) is 31.2 Å². The fourth-order valence-corrected chi connectivity index (χ4v) is 3.45. The summed E-state index contributed by atoms with van der Waals surface area (Å²) in [4.78, 5) is 44.2. The maximum atomic E-state index is 12.7. The summed E-state index contributed by atoms with van der Waals surface area (Å²) in [5, 5.41) is 5.58. The number of hydrogen-bond acceptors (Lipinski definition) is 6. The minimum atomic E-state index is -0.700. The van der Waals surface area contributed by atoms with E-state index in [2.05, 4.69) is 15.3 Å². The van der Waals surface area contributed by atoms with Crippen LogP contribution in [-0.4, -0.2) is 20.4 Å². The third-order valence-electron chi connectivity index (χ3n) is 4.23. The van der Waals surface area contributed by atoms with E-state index in [9.17, 15) is 14.4 Å². The third-order valence-corrected chi connectivity index (χ3v) is 5.01. The van der Waals surface area contributed by atoms with E-state index in [0.29, 0.717) is 11.4 Å². The Hall–Kier alpha value is -3.72. The first-order valence-corrected chi connectivity index (χ1v) is 9.58. The van der Waals surface area contributed by atoms with Crippen LogP contribution in [0, 0.1) is 6.92 Å². The van der Waals surface area contributed by atoms with E-state index in [4.69, 9.17) is 4.42 Å². The lowest BCUT2D eigenvalue weighted by Gasteiger charge is -2.08. The predicted molar refractivity (Wildman–Crippen MR) is 109 cm³/mol. The molecule has 0 aliphatic heterocycles. The molecule has 8 nitrogen and oxygen atoms in total. The Bertz CT molecular complexity index is 1280. The summed E-state index contributed by atoms with van der Waals surface area (Å²) in [5.74, 6) is -0.188. The highest BCUT2D eigenvalue weighted by Crippen LogP contribution is 2.24. The maximum absolute atomic E-state index is 12.7. The van der Waals surface area contributed by atoms with Crippen LogP contribution in [0.15, 0.2) is 68.2 Å². The number of hydrogen-bond donors (Lipinski definition) is 2. The van der Waals surface area contributed by atoms with Gasteiger partial charge in [-0.2, -0.15) is 0 Å². The van der Waals surface area contributed by atoms with Gasteiger partial charge in [0.05, 0.1) is 23.5 Å². The number of nitrogens with one attached hydrogen (secondary N) is 2. The number of amides is 1. The van der Waals surface area contributed by atoms with Gasteiger partial charge < -0.3 is 14.7 Å². The van der Waals surface area contributed by atoms with Crippen LogP contribution >= 0.6 is 11.3 Å². The topological polar surface area (TPSA) is 110 Å². The standard InChI is InChI=1S/C20H16N4O4S/c1-12-22-17(11-29-12)13-4-2-5-14(8-13)23-18(25)16-9-21-20(27)24(19(16)26)10-15-6-3-7-28-15/h2-9,11H,10H2,1H3,(H,21,27)(H,23,25). The van der Waals surface area contributed by atoms with Gasteiger partial charge in [-0.15, -0.1) is 11.3 Å². The molecular weight excluding hydrogens is 392 g/mol. The highest BCUT2D eigenvalue weighted by Gasteiger charge is 2.16. The van der Waals surface area contributed by atoms with Gasteiger partial charge in [0.2, 0.25) is 0 Å². The number of thiazole rings is 1. The van der Waals surface area contributed by atoms with Crippen molar-refractivity contribution in [2.75, 3.05) is 5.32 Å². The number of rotatable bonds is 5. The van der Waals surface area contributed by atoms with Gasteiger partial charge in [0.1, 0.15) is 11.3 Å². The van der Waals surface area contributed by atoms with Gasteiger partial charge in [0.25, 0.3) is 11.5 Å². The Kier molecular flexibility index (Phi) is 4.96. The minimum absolute atomic E-state index is 0.0685. The molecule has 4 rings (SSSR count). The Balaban J connectivity index is 1.61. The van der Waals surface area contributed by atoms with Crippen LogP contribution in [0.1, 0.15) is 21.1 Å². The van der Waals surface area contributed by atoms with Gasteiger partial charge in [-0.3, -0.25) is 14.2 Å². The molecule has 0 atom stereocenters. The lowest BCUT2D eigenvalue weighted by atomic mass is 10.1. The van der Waals surface area contributed by atoms with E-state index in [-0.39, 0.29) is 12.1 Å². The molecule has 146 valence electrons. The molecule has 0 aliphatic rings. The number of carbonyl (C=O) groups is 1. The normalized spacial score (nSPS) is 10.8. The van der Waals surface area contributed by atoms with Gasteiger partial charge in [0, 0.05) is 22.8 Å². The molecule has 2 N–H and O–H groups in total. The first-order valence-electron chi connectivity index (χ1n) is 8.70. The second-order valence-electron chi connectivity index (χ2n) is 6.26. The molecule has 0 bridgehead atoms. The van der Waals surface area contributed by atoms with Gasteiger partial charge >= 0.3 is 5.69 Å². The van der Waals surface area contributed by atoms with Crippen LogP contribution < -0.4 is 16.6 Å². The Morgan fingerprint density at radius 1 is 1.28 bits per heavy atom. The second-order valence-corrected chi connectivity index (χ2v) is 7.33. The first-order chi connectivity index (χ1) is 14.0. The number of benzene rings is 1. The molecule has 3 heterocycles. The smallest absolute Gasteiger partial charge is 0.328 e. The van der Waals surface area contributed by atoms with Crippen molar-refractivity contribution in [1.29, 1.82) is 0 Å². The Morgan fingerprint density at radius 3 is 2.86 bits per heavy atom. The van der Waals surface area contributed by atoms with Crippen LogP contribution in [0.3, 0.4) is 0 Å². The summed E-state index contributed by atoms with van der Waals surface area (Å²) < 4.78 is 6.10. The molecule has 0 aliphatic carbocycles. The number of aromatic nitrogens is 3. The molecule has 9 heteroatoms. The summed E-state index contributed by atoms with van der Waals surface area (Å²) in [5.41, 5.74) is 0.683. The number of H-pyrrole nitrogens is 1. The summed E-state index contributed by atoms with van der Waals surface area (Å²) >= 11 is 1.54. The summed E-state index contributed by atoms with van der Waals surface area (Å²) in [6.45, 7) is 1.85. The van der Waals surface area contributed by atoms with Crippen molar-refractivity contribution in [3.8, 4) is 11.3 Å². The fraction of sp³-hybridized carbons (Fsp3) is 0.100. The van der Waals surface area contributed by atoms with Crippen molar-refractivity contribution in [2.45, 2.75) is 13.5 Å². The molecule has 1 amide bonds. The van der Waals surface area contributed by atoms with Crippen LogP contribution in [0.25, 0.3) is 11.3 Å². The summed E-state index contributed by atoms with van der Waals surface area (Å²) in [6, 6.07) is 10.5. The second kappa shape index (κ2) is 7.72. The number of furan rings is 1. The molecule has 4 aromatic rings. The van der Waals surface area contributed by atoms with Crippen molar-refractivity contribution in [3.05, 3.63) is 91.4 Å². The van der Waals surface area contributed by atoms with Crippen LogP contribution in [0.2, 0.25) is 0 Å². The zero-order valence-corrected chi connectivity index (χ0v) is 16.2. The molecule has 0 unspecified atom stereocenters. The minimum Gasteiger partial charge on any atom is -0.467 e. The van der Waals surface area contributed by atoms with Crippen molar-refractivity contribution < 1.29 is 9.21 Å². The van der Waals surface area contributed by atoms with Crippen LogP contribution in [0.5, 0.6) is 0 Å². The molecule has 1 aromatic carbocycles. The average molecular weight is 408 g/mol. The third kappa shape index (κ3) is 3.94. The lowest BCUT2D eigenvalue weighted by Crippen LogP contribution is -2.39. The van der Waals surface area contributed by atoms with E-state index < -0.39 is 17.2 Å². The van der Waals surface area contributed by atoms with Crippen molar-refractivity contribution in [3.63, 3.8) is 0 Å². The first kappa shape index (κ1) is 18.6. The number of anilines is 1. The number of carbonyl (C=O) groups excluding carboxylic acids is 1. The molecule has 0 fully saturated rings. The molecule has 29 heavy (non-hydrogen) atoms. The highest BCUT2D eigenvalue weighted by molar-refractivity contribution is 7.09. The maximum Gasteiger partial charge on any atom is 0.328 e. The van der Waals surface area contributed by atoms with E-state index in [0.717, 1.165) is 27.0 Å². The average Bonchev–Trinajstić information content (AvgIpc) is 3.37.